The molecule has 0 saturated heterocycles. The van der Waals surface area contributed by atoms with E-state index >= 15 is 0 Å². The minimum Gasteiger partial charge on any atom is -0.480 e. The van der Waals surface area contributed by atoms with Crippen molar-refractivity contribution in [3.05, 3.63) is 29.8 Å². The van der Waals surface area contributed by atoms with E-state index in [1.54, 1.807) is 24.3 Å². The number of rotatable bonds is 4. The van der Waals surface area contributed by atoms with E-state index in [0.717, 1.165) is 5.56 Å². The smallest absolute Gasteiger partial charge is 0.326 e. The average molecular weight is 236 g/mol. The number of carbonyl (C=O) groups is 2. The first-order valence-electron chi connectivity index (χ1n) is 5.24. The molecule has 1 unspecified atom stereocenters. The Morgan fingerprint density at radius 2 is 2.12 bits per heavy atom. The number of carbonyl (C=O) groups excluding carboxylic acids is 1. The van der Waals surface area contributed by atoms with Gasteiger partial charge in [-0.25, -0.2) is 4.79 Å². The van der Waals surface area contributed by atoms with Gasteiger partial charge in [0, 0.05) is 12.7 Å². The Balaban J connectivity index is 2.69. The zero-order chi connectivity index (χ0) is 13.0. The first-order valence-corrected chi connectivity index (χ1v) is 5.24. The van der Waals surface area contributed by atoms with Crippen LogP contribution in [-0.2, 0) is 16.0 Å². The molecule has 0 bridgehead atoms. The van der Waals surface area contributed by atoms with Crippen LogP contribution in [-0.4, -0.2) is 35.0 Å². The third kappa shape index (κ3) is 3.48. The zero-order valence-electron chi connectivity index (χ0n) is 9.88. The molecular formula is C12H16N2O3. The minimum absolute atomic E-state index is 0.152. The molecule has 5 nitrogen and oxygen atoms in total. The summed E-state index contributed by atoms with van der Waals surface area (Å²) in [6.07, 6.45) is 0.152. The van der Waals surface area contributed by atoms with Gasteiger partial charge in [-0.15, -0.1) is 0 Å². The van der Waals surface area contributed by atoms with E-state index in [-0.39, 0.29) is 12.3 Å². The van der Waals surface area contributed by atoms with E-state index in [1.165, 1.54) is 18.9 Å². The number of amides is 1. The number of carboxylic acids is 1. The van der Waals surface area contributed by atoms with Crippen molar-refractivity contribution in [3.8, 4) is 0 Å². The Morgan fingerprint density at radius 3 is 2.65 bits per heavy atom. The summed E-state index contributed by atoms with van der Waals surface area (Å²) >= 11 is 0. The van der Waals surface area contributed by atoms with E-state index in [1.807, 2.05) is 0 Å². The molecule has 1 rings (SSSR count). The predicted molar refractivity (Wildman–Crippen MR) is 64.4 cm³/mol. The third-order valence-electron chi connectivity index (χ3n) is 2.64. The summed E-state index contributed by atoms with van der Waals surface area (Å²) in [4.78, 5) is 23.7. The van der Waals surface area contributed by atoms with Crippen LogP contribution in [0.3, 0.4) is 0 Å². The van der Waals surface area contributed by atoms with Crippen LogP contribution in [0.5, 0.6) is 0 Å². The number of anilines is 1. The van der Waals surface area contributed by atoms with Crippen LogP contribution in [0.2, 0.25) is 0 Å². The van der Waals surface area contributed by atoms with E-state index in [2.05, 4.69) is 0 Å². The van der Waals surface area contributed by atoms with Crippen molar-refractivity contribution in [1.82, 2.24) is 4.90 Å². The lowest BCUT2D eigenvalue weighted by Gasteiger charge is -2.21. The molecule has 5 heteroatoms. The monoisotopic (exact) mass is 236 g/mol. The van der Waals surface area contributed by atoms with Gasteiger partial charge in [0.25, 0.3) is 0 Å². The summed E-state index contributed by atoms with van der Waals surface area (Å²) in [6, 6.07) is 6.16. The lowest BCUT2D eigenvalue weighted by molar-refractivity contribution is -0.147. The molecule has 0 aliphatic heterocycles. The Morgan fingerprint density at radius 1 is 1.47 bits per heavy atom. The summed E-state index contributed by atoms with van der Waals surface area (Å²) in [6.45, 7) is 1.47. The third-order valence-corrected chi connectivity index (χ3v) is 2.64. The highest BCUT2D eigenvalue weighted by Crippen LogP contribution is 2.09. The van der Waals surface area contributed by atoms with Crippen LogP contribution >= 0.6 is 0 Å². The predicted octanol–water partition coefficient (Wildman–Crippen LogP) is 0.743. The molecule has 1 aromatic rings. The number of nitrogens with two attached hydrogens (primary N) is 1. The number of carboxylic acid groups (broad SMARTS) is 1. The Bertz CT molecular complexity index is 432. The number of aliphatic carboxylic acids is 1. The van der Waals surface area contributed by atoms with Crippen LogP contribution in [0, 0.1) is 0 Å². The molecule has 0 saturated carbocycles. The molecular weight excluding hydrogens is 220 g/mol. The Labute approximate surface area is 99.8 Å². The van der Waals surface area contributed by atoms with Crippen molar-refractivity contribution in [1.29, 1.82) is 0 Å². The quantitative estimate of drug-likeness (QED) is 0.755. The Hall–Kier alpha value is -2.04. The lowest BCUT2D eigenvalue weighted by Crippen LogP contribution is -2.41. The molecule has 1 atom stereocenters. The van der Waals surface area contributed by atoms with Gasteiger partial charge in [0.15, 0.2) is 0 Å². The van der Waals surface area contributed by atoms with Gasteiger partial charge in [0.2, 0.25) is 5.91 Å². The molecule has 0 heterocycles. The van der Waals surface area contributed by atoms with Crippen LogP contribution < -0.4 is 5.73 Å². The van der Waals surface area contributed by atoms with Gasteiger partial charge < -0.3 is 15.7 Å². The number of nitrogen functional groups attached to an aromatic ring is 1. The number of hydrogen-bond donors (Lipinski definition) is 2. The van der Waals surface area contributed by atoms with Crippen molar-refractivity contribution < 1.29 is 14.7 Å². The summed E-state index contributed by atoms with van der Waals surface area (Å²) < 4.78 is 0. The fourth-order valence-corrected chi connectivity index (χ4v) is 1.38. The normalized spacial score (nSPS) is 11.9. The number of hydrogen-bond acceptors (Lipinski definition) is 3. The first-order chi connectivity index (χ1) is 7.91. The zero-order valence-corrected chi connectivity index (χ0v) is 9.88. The van der Waals surface area contributed by atoms with Gasteiger partial charge in [0.1, 0.15) is 6.04 Å². The molecule has 1 amide bonds. The maximum atomic E-state index is 11.8. The highest BCUT2D eigenvalue weighted by Gasteiger charge is 2.21. The first kappa shape index (κ1) is 13.0. The summed E-state index contributed by atoms with van der Waals surface area (Å²) in [5, 5.41) is 8.80. The second-order valence-electron chi connectivity index (χ2n) is 3.94. The van der Waals surface area contributed by atoms with Crippen LogP contribution in [0.15, 0.2) is 24.3 Å². The van der Waals surface area contributed by atoms with E-state index in [4.69, 9.17) is 10.8 Å². The maximum Gasteiger partial charge on any atom is 0.326 e. The van der Waals surface area contributed by atoms with Gasteiger partial charge in [-0.05, 0) is 24.6 Å². The van der Waals surface area contributed by atoms with Crippen LogP contribution in [0.25, 0.3) is 0 Å². The summed E-state index contributed by atoms with van der Waals surface area (Å²) in [5.41, 5.74) is 6.96. The van der Waals surface area contributed by atoms with Crippen molar-refractivity contribution in [2.24, 2.45) is 0 Å². The summed E-state index contributed by atoms with van der Waals surface area (Å²) in [5.74, 6) is -1.26. The molecule has 3 N–H and O–H groups in total. The van der Waals surface area contributed by atoms with Crippen LogP contribution in [0.1, 0.15) is 12.5 Å². The largest absolute Gasteiger partial charge is 0.480 e. The Kier molecular flexibility index (Phi) is 4.09. The lowest BCUT2D eigenvalue weighted by atomic mass is 10.1. The second kappa shape index (κ2) is 5.34. The van der Waals surface area contributed by atoms with Crippen molar-refractivity contribution in [2.45, 2.75) is 19.4 Å². The van der Waals surface area contributed by atoms with E-state index in [0.29, 0.717) is 5.69 Å². The van der Waals surface area contributed by atoms with Gasteiger partial charge in [-0.2, -0.15) is 0 Å². The highest BCUT2D eigenvalue weighted by atomic mass is 16.4. The average Bonchev–Trinajstić information content (AvgIpc) is 2.26. The molecule has 0 aliphatic carbocycles. The minimum atomic E-state index is -1.02. The number of benzene rings is 1. The van der Waals surface area contributed by atoms with Gasteiger partial charge >= 0.3 is 5.97 Å². The highest BCUT2D eigenvalue weighted by molar-refractivity contribution is 5.84. The van der Waals surface area contributed by atoms with Crippen molar-refractivity contribution in [2.75, 3.05) is 12.8 Å². The van der Waals surface area contributed by atoms with E-state index < -0.39 is 12.0 Å². The summed E-state index contributed by atoms with van der Waals surface area (Å²) in [7, 11) is 1.48. The molecule has 1 aromatic carbocycles. The second-order valence-corrected chi connectivity index (χ2v) is 3.94. The van der Waals surface area contributed by atoms with E-state index in [9.17, 15) is 9.59 Å². The molecule has 0 spiro atoms. The standard InChI is InChI=1S/C12H16N2O3/c1-8(12(16)17)14(2)11(15)7-9-4-3-5-10(13)6-9/h3-6,8H,7,13H2,1-2H3,(H,16,17). The number of likely N-dealkylation sites (N-methyl/N-ethyl adjacent to an activating group) is 1. The van der Waals surface area contributed by atoms with Crippen molar-refractivity contribution in [3.63, 3.8) is 0 Å². The fraction of sp³-hybridized carbons (Fsp3) is 0.333. The molecule has 0 fully saturated rings. The van der Waals surface area contributed by atoms with Gasteiger partial charge in [-0.3, -0.25) is 4.79 Å². The maximum absolute atomic E-state index is 11.8. The van der Waals surface area contributed by atoms with Crippen molar-refractivity contribution >= 4 is 17.6 Å². The molecule has 0 radical (unpaired) electrons. The SMILES string of the molecule is CC(C(=O)O)N(C)C(=O)Cc1cccc(N)c1. The number of nitrogens with zero attached hydrogens (tertiary/aromatic N) is 1. The van der Waals surface area contributed by atoms with Gasteiger partial charge in [-0.1, -0.05) is 12.1 Å². The molecule has 92 valence electrons. The fourth-order valence-electron chi connectivity index (χ4n) is 1.38. The van der Waals surface area contributed by atoms with Crippen LogP contribution in [0.4, 0.5) is 5.69 Å². The molecule has 0 aliphatic rings. The topological polar surface area (TPSA) is 83.6 Å². The molecule has 17 heavy (non-hydrogen) atoms. The molecule has 0 aromatic heterocycles. The van der Waals surface area contributed by atoms with Gasteiger partial charge in [0.05, 0.1) is 6.42 Å².